The van der Waals surface area contributed by atoms with Crippen LogP contribution in [0.4, 0.5) is 0 Å². The number of hydrogen-bond acceptors (Lipinski definition) is 15. The van der Waals surface area contributed by atoms with Crippen LogP contribution in [0.25, 0.3) is 0 Å². The fourth-order valence-corrected chi connectivity index (χ4v) is 12.4. The Bertz CT molecular complexity index is 1740. The number of carbonyl (C=O) groups excluding carboxylic acids is 4. The third-order valence-corrected chi connectivity index (χ3v) is 18.8. The minimum Gasteiger partial charge on any atom is -0.462 e. The molecule has 0 aromatic rings. The molecule has 6 atom stereocenters. The smallest absolute Gasteiger partial charge is 0.462 e. The van der Waals surface area contributed by atoms with Gasteiger partial charge in [-0.2, -0.15) is 0 Å². The van der Waals surface area contributed by atoms with Gasteiger partial charge >= 0.3 is 39.5 Å². The van der Waals surface area contributed by atoms with Gasteiger partial charge in [-0.15, -0.1) is 0 Å². The van der Waals surface area contributed by atoms with E-state index >= 15 is 0 Å². The van der Waals surface area contributed by atoms with Crippen molar-refractivity contribution in [2.24, 2.45) is 5.92 Å². The first-order valence-electron chi connectivity index (χ1n) is 37.2. The summed E-state index contributed by atoms with van der Waals surface area (Å²) in [5.41, 5.74) is 0. The van der Waals surface area contributed by atoms with E-state index < -0.39 is 97.5 Å². The van der Waals surface area contributed by atoms with Crippen molar-refractivity contribution in [2.75, 3.05) is 39.6 Å². The highest BCUT2D eigenvalue weighted by atomic mass is 31.2. The molecule has 0 saturated heterocycles. The Kier molecular flexibility index (Phi) is 63.0. The quantitative estimate of drug-likeness (QED) is 0.0222. The van der Waals surface area contributed by atoms with Crippen molar-refractivity contribution in [3.63, 3.8) is 0 Å². The molecular formula is C71H138O17P2. The second kappa shape index (κ2) is 64.4. The van der Waals surface area contributed by atoms with Crippen molar-refractivity contribution in [3.05, 3.63) is 0 Å². The molecule has 0 bridgehead atoms. The monoisotopic (exact) mass is 1320 g/mol. The summed E-state index contributed by atoms with van der Waals surface area (Å²) < 4.78 is 68.3. The van der Waals surface area contributed by atoms with E-state index in [0.717, 1.165) is 95.8 Å². The van der Waals surface area contributed by atoms with E-state index in [2.05, 4.69) is 34.6 Å². The predicted octanol–water partition coefficient (Wildman–Crippen LogP) is 20.5. The van der Waals surface area contributed by atoms with E-state index in [4.69, 9.17) is 37.0 Å². The Morgan fingerprint density at radius 1 is 0.311 bits per heavy atom. The fraction of sp³-hybridized carbons (Fsp3) is 0.944. The summed E-state index contributed by atoms with van der Waals surface area (Å²) in [6.07, 6.45) is 51.2. The van der Waals surface area contributed by atoms with Crippen LogP contribution in [0, 0.1) is 5.92 Å². The second-order valence-electron chi connectivity index (χ2n) is 25.9. The molecule has 3 N–H and O–H groups in total. The maximum atomic E-state index is 13.0. The lowest BCUT2D eigenvalue weighted by molar-refractivity contribution is -0.161. The number of aliphatic hydroxyl groups is 1. The maximum Gasteiger partial charge on any atom is 0.472 e. The molecular weight excluding hydrogens is 1190 g/mol. The molecule has 0 radical (unpaired) electrons. The lowest BCUT2D eigenvalue weighted by Gasteiger charge is -2.21. The third-order valence-electron chi connectivity index (χ3n) is 16.9. The van der Waals surface area contributed by atoms with Crippen LogP contribution in [0.2, 0.25) is 0 Å². The summed E-state index contributed by atoms with van der Waals surface area (Å²) in [6, 6.07) is 0. The zero-order valence-electron chi connectivity index (χ0n) is 58.3. The van der Waals surface area contributed by atoms with Crippen molar-refractivity contribution in [1.82, 2.24) is 0 Å². The third kappa shape index (κ3) is 63.5. The molecule has 19 heteroatoms. The van der Waals surface area contributed by atoms with Crippen LogP contribution in [-0.4, -0.2) is 96.7 Å². The van der Waals surface area contributed by atoms with Gasteiger partial charge in [0, 0.05) is 25.7 Å². The molecule has 0 saturated carbocycles. The summed E-state index contributed by atoms with van der Waals surface area (Å²) in [5, 5.41) is 10.6. The maximum absolute atomic E-state index is 13.0. The number of rotatable bonds is 71. The van der Waals surface area contributed by atoms with Gasteiger partial charge in [0.2, 0.25) is 0 Å². The molecule has 0 aromatic carbocycles. The number of esters is 4. The van der Waals surface area contributed by atoms with Gasteiger partial charge in [-0.1, -0.05) is 317 Å². The van der Waals surface area contributed by atoms with Crippen LogP contribution >= 0.6 is 15.6 Å². The number of hydrogen-bond donors (Lipinski definition) is 3. The van der Waals surface area contributed by atoms with E-state index in [1.165, 1.54) is 193 Å². The van der Waals surface area contributed by atoms with E-state index in [9.17, 15) is 43.2 Å². The zero-order valence-corrected chi connectivity index (χ0v) is 60.1. The van der Waals surface area contributed by atoms with Gasteiger partial charge in [-0.25, -0.2) is 9.13 Å². The normalized spacial score (nSPS) is 14.4. The summed E-state index contributed by atoms with van der Waals surface area (Å²) in [6.45, 7) is 7.24. The number of aliphatic hydroxyl groups excluding tert-OH is 1. The molecule has 0 aliphatic carbocycles. The van der Waals surface area contributed by atoms with Crippen molar-refractivity contribution in [1.29, 1.82) is 0 Å². The lowest BCUT2D eigenvalue weighted by atomic mass is 9.99. The molecule has 0 amide bonds. The number of phosphoric acid groups is 2. The standard InChI is InChI=1S/C71H138O17P2/c1-6-10-13-16-19-22-24-26-28-30-32-35-41-46-51-56-70(75)87-66(61-82-69(74)55-50-45-40-34-31-29-27-25-23-20-17-14-11-7-2)62-85-89(77,78)83-58-65(72)59-84-90(79,80)86-63-67(60-81-68(73)54-49-44-39-33-21-18-15-12-8-3)88-71(76)57-52-47-42-37-36-38-43-48-53-64(5)9-4/h64-67,72H,6-63H2,1-5H3,(H,77,78)(H,79,80)/t64?,65-,66-,67-/m1/s1. The first-order chi connectivity index (χ1) is 43.6. The molecule has 0 heterocycles. The van der Waals surface area contributed by atoms with Crippen molar-refractivity contribution < 1.29 is 80.2 Å². The first-order valence-corrected chi connectivity index (χ1v) is 40.2. The Labute approximate surface area is 549 Å². The average molecular weight is 1330 g/mol. The minimum atomic E-state index is -4.95. The summed E-state index contributed by atoms with van der Waals surface area (Å²) in [7, 11) is -9.90. The summed E-state index contributed by atoms with van der Waals surface area (Å²) >= 11 is 0. The van der Waals surface area contributed by atoms with Crippen molar-refractivity contribution in [2.45, 2.75) is 387 Å². The molecule has 17 nitrogen and oxygen atoms in total. The fourth-order valence-electron chi connectivity index (χ4n) is 10.8. The Hall–Kier alpha value is -1.94. The molecule has 0 rings (SSSR count). The van der Waals surface area contributed by atoms with Gasteiger partial charge in [-0.05, 0) is 31.6 Å². The van der Waals surface area contributed by atoms with Crippen LogP contribution in [0.3, 0.4) is 0 Å². The molecule has 0 spiro atoms. The molecule has 0 aromatic heterocycles. The van der Waals surface area contributed by atoms with Crippen LogP contribution in [0.1, 0.15) is 369 Å². The topological polar surface area (TPSA) is 237 Å². The Balaban J connectivity index is 5.24. The Morgan fingerprint density at radius 2 is 0.533 bits per heavy atom. The van der Waals surface area contributed by atoms with Gasteiger partial charge in [0.25, 0.3) is 0 Å². The van der Waals surface area contributed by atoms with Gasteiger partial charge < -0.3 is 33.8 Å². The minimum absolute atomic E-state index is 0.105. The van der Waals surface area contributed by atoms with E-state index in [1.54, 1.807) is 0 Å². The first kappa shape index (κ1) is 88.1. The van der Waals surface area contributed by atoms with Gasteiger partial charge in [0.05, 0.1) is 26.4 Å². The second-order valence-corrected chi connectivity index (χ2v) is 28.8. The highest BCUT2D eigenvalue weighted by molar-refractivity contribution is 7.47. The molecule has 0 fully saturated rings. The number of carbonyl (C=O) groups is 4. The highest BCUT2D eigenvalue weighted by Gasteiger charge is 2.30. The van der Waals surface area contributed by atoms with Gasteiger partial charge in [0.1, 0.15) is 19.3 Å². The highest BCUT2D eigenvalue weighted by Crippen LogP contribution is 2.45. The van der Waals surface area contributed by atoms with Crippen LogP contribution in [-0.2, 0) is 65.4 Å². The van der Waals surface area contributed by atoms with E-state index in [-0.39, 0.29) is 25.7 Å². The molecule has 90 heavy (non-hydrogen) atoms. The summed E-state index contributed by atoms with van der Waals surface area (Å²) in [5.74, 6) is -1.35. The molecule has 0 aliphatic heterocycles. The molecule has 0 aliphatic rings. The molecule has 3 unspecified atom stereocenters. The number of phosphoric ester groups is 2. The lowest BCUT2D eigenvalue weighted by Crippen LogP contribution is -2.30. The number of ether oxygens (including phenoxy) is 4. The SMILES string of the molecule is CCCCCCCCCCCCCCCCCC(=O)O[C@H](COC(=O)CCCCCCCCCCCCCCCC)COP(=O)(O)OC[C@@H](O)COP(=O)(O)OC[C@@H](COC(=O)CCCCCCCCCCC)OC(=O)CCCCCCCCCCC(C)CC. The summed E-state index contributed by atoms with van der Waals surface area (Å²) in [4.78, 5) is 72.6. The average Bonchev–Trinajstić information content (AvgIpc) is 3.41. The molecule has 534 valence electrons. The number of unbranched alkanes of at least 4 members (excludes halogenated alkanes) is 42. The zero-order chi connectivity index (χ0) is 66.3. The van der Waals surface area contributed by atoms with Crippen LogP contribution in [0.15, 0.2) is 0 Å². The van der Waals surface area contributed by atoms with Crippen molar-refractivity contribution in [3.8, 4) is 0 Å². The predicted molar refractivity (Wildman–Crippen MR) is 363 cm³/mol. The van der Waals surface area contributed by atoms with E-state index in [0.29, 0.717) is 25.7 Å². The van der Waals surface area contributed by atoms with Crippen LogP contribution < -0.4 is 0 Å². The van der Waals surface area contributed by atoms with E-state index in [1.807, 2.05) is 0 Å². The van der Waals surface area contributed by atoms with Crippen molar-refractivity contribution >= 4 is 39.5 Å². The van der Waals surface area contributed by atoms with Gasteiger partial charge in [-0.3, -0.25) is 37.3 Å². The largest absolute Gasteiger partial charge is 0.472 e. The van der Waals surface area contributed by atoms with Crippen LogP contribution in [0.5, 0.6) is 0 Å². The van der Waals surface area contributed by atoms with Gasteiger partial charge in [0.15, 0.2) is 12.2 Å². The Morgan fingerprint density at radius 3 is 0.789 bits per heavy atom.